The molecule has 0 amide bonds. The second-order valence-electron chi connectivity index (χ2n) is 5.51. The zero-order chi connectivity index (χ0) is 12.6. The van der Waals surface area contributed by atoms with E-state index in [1.807, 2.05) is 0 Å². The van der Waals surface area contributed by atoms with Crippen LogP contribution in [-0.4, -0.2) is 17.6 Å². The molecule has 0 aliphatic heterocycles. The van der Waals surface area contributed by atoms with Gasteiger partial charge in [-0.15, -0.1) is 11.3 Å². The summed E-state index contributed by atoms with van der Waals surface area (Å²) in [4.78, 5) is 8.39. The normalized spacial score (nSPS) is 16.3. The van der Waals surface area contributed by atoms with Crippen molar-refractivity contribution in [2.75, 3.05) is 11.9 Å². The van der Waals surface area contributed by atoms with Crippen molar-refractivity contribution in [3.63, 3.8) is 0 Å². The summed E-state index contributed by atoms with van der Waals surface area (Å²) in [5.41, 5.74) is 7.25. The zero-order valence-corrected chi connectivity index (χ0v) is 12.1. The molecule has 1 aliphatic rings. The first-order chi connectivity index (χ1) is 7.99. The Morgan fingerprint density at radius 1 is 1.47 bits per heavy atom. The molecule has 0 bridgehead atoms. The number of aromatic nitrogens is 1. The van der Waals surface area contributed by atoms with E-state index < -0.39 is 0 Å². The first kappa shape index (κ1) is 12.8. The van der Waals surface area contributed by atoms with E-state index >= 15 is 0 Å². The van der Waals surface area contributed by atoms with Crippen LogP contribution in [0, 0.1) is 0 Å². The van der Waals surface area contributed by atoms with Crippen molar-refractivity contribution in [2.45, 2.75) is 58.0 Å². The van der Waals surface area contributed by atoms with E-state index in [1.165, 1.54) is 23.4 Å². The molecule has 0 radical (unpaired) electrons. The molecule has 4 heteroatoms. The van der Waals surface area contributed by atoms with Gasteiger partial charge in [-0.05, 0) is 33.1 Å². The van der Waals surface area contributed by atoms with Crippen molar-refractivity contribution in [3.05, 3.63) is 10.6 Å². The minimum atomic E-state index is 0.157. The number of hydrogen-bond acceptors (Lipinski definition) is 4. The van der Waals surface area contributed by atoms with Gasteiger partial charge < -0.3 is 10.6 Å². The number of rotatable bonds is 5. The van der Waals surface area contributed by atoms with Gasteiger partial charge in [-0.3, -0.25) is 0 Å². The molecule has 2 N–H and O–H groups in total. The van der Waals surface area contributed by atoms with E-state index in [-0.39, 0.29) is 5.54 Å². The Hall–Kier alpha value is -0.610. The van der Waals surface area contributed by atoms with Crippen molar-refractivity contribution in [3.8, 4) is 0 Å². The lowest BCUT2D eigenvalue weighted by molar-refractivity contribution is 0.470. The molecule has 1 aromatic rings. The summed E-state index contributed by atoms with van der Waals surface area (Å²) >= 11 is 1.77. The predicted molar refractivity (Wildman–Crippen MR) is 74.8 cm³/mol. The fraction of sp³-hybridized carbons (Fsp3) is 0.769. The lowest BCUT2D eigenvalue weighted by atomic mass is 10.0. The maximum absolute atomic E-state index is 5.82. The average Bonchev–Trinajstić information content (AvgIpc) is 3.07. The second-order valence-corrected chi connectivity index (χ2v) is 6.57. The fourth-order valence-electron chi connectivity index (χ4n) is 1.81. The Bertz CT molecular complexity index is 393. The van der Waals surface area contributed by atoms with Crippen LogP contribution < -0.4 is 10.6 Å². The van der Waals surface area contributed by atoms with Gasteiger partial charge in [0.25, 0.3) is 0 Å². The van der Waals surface area contributed by atoms with Gasteiger partial charge in [0.05, 0.1) is 5.69 Å². The van der Waals surface area contributed by atoms with E-state index in [2.05, 4.69) is 32.7 Å². The number of hydrogen-bond donors (Lipinski definition) is 1. The van der Waals surface area contributed by atoms with Crippen LogP contribution in [-0.2, 0) is 6.54 Å². The van der Waals surface area contributed by atoms with E-state index in [4.69, 9.17) is 10.7 Å². The summed E-state index contributed by atoms with van der Waals surface area (Å²) in [7, 11) is 2.14. The number of nitrogens with zero attached hydrogens (tertiary/aromatic N) is 2. The zero-order valence-electron chi connectivity index (χ0n) is 11.3. The van der Waals surface area contributed by atoms with Crippen molar-refractivity contribution < 1.29 is 0 Å². The Kier molecular flexibility index (Phi) is 3.46. The first-order valence-electron chi connectivity index (χ1n) is 6.43. The lowest BCUT2D eigenvalue weighted by Gasteiger charge is -2.34. The topological polar surface area (TPSA) is 42.2 Å². The SMILES string of the molecule is CCC(C)(C)N(C)c1nc(C2CC2)c(CN)s1. The molecule has 3 nitrogen and oxygen atoms in total. The van der Waals surface area contributed by atoms with Crippen molar-refractivity contribution >= 4 is 16.5 Å². The minimum absolute atomic E-state index is 0.157. The Balaban J connectivity index is 2.26. The van der Waals surface area contributed by atoms with Crippen LogP contribution in [0.25, 0.3) is 0 Å². The molecule has 1 aromatic heterocycles. The molecular formula is C13H23N3S. The second kappa shape index (κ2) is 4.58. The summed E-state index contributed by atoms with van der Waals surface area (Å²) in [6.45, 7) is 7.36. The molecule has 96 valence electrons. The predicted octanol–water partition coefficient (Wildman–Crippen LogP) is 3.10. The molecule has 1 fully saturated rings. The lowest BCUT2D eigenvalue weighted by Crippen LogP contribution is -2.40. The van der Waals surface area contributed by atoms with Gasteiger partial charge in [0.2, 0.25) is 0 Å². The van der Waals surface area contributed by atoms with E-state index in [0.29, 0.717) is 12.5 Å². The quantitative estimate of drug-likeness (QED) is 0.876. The smallest absolute Gasteiger partial charge is 0.186 e. The Labute approximate surface area is 108 Å². The average molecular weight is 253 g/mol. The maximum Gasteiger partial charge on any atom is 0.186 e. The highest BCUT2D eigenvalue weighted by Crippen LogP contribution is 2.44. The van der Waals surface area contributed by atoms with Crippen LogP contribution in [0.1, 0.15) is 56.5 Å². The highest BCUT2D eigenvalue weighted by atomic mass is 32.1. The molecule has 17 heavy (non-hydrogen) atoms. The van der Waals surface area contributed by atoms with E-state index in [0.717, 1.165) is 11.6 Å². The third-order valence-corrected chi connectivity index (χ3v) is 5.10. The van der Waals surface area contributed by atoms with Crippen LogP contribution >= 0.6 is 11.3 Å². The van der Waals surface area contributed by atoms with Gasteiger partial charge in [-0.2, -0.15) is 0 Å². The molecule has 0 unspecified atom stereocenters. The highest BCUT2D eigenvalue weighted by Gasteiger charge is 2.31. The molecule has 0 saturated heterocycles. The first-order valence-corrected chi connectivity index (χ1v) is 7.24. The summed E-state index contributed by atoms with van der Waals surface area (Å²) in [5, 5.41) is 1.12. The number of nitrogens with two attached hydrogens (primary N) is 1. The Morgan fingerprint density at radius 3 is 2.59 bits per heavy atom. The molecule has 0 aromatic carbocycles. The molecule has 0 atom stereocenters. The number of thiazole rings is 1. The van der Waals surface area contributed by atoms with Crippen molar-refractivity contribution in [1.82, 2.24) is 4.98 Å². The van der Waals surface area contributed by atoms with E-state index in [1.54, 1.807) is 11.3 Å². The van der Waals surface area contributed by atoms with Crippen LogP contribution in [0.15, 0.2) is 0 Å². The molecule has 0 spiro atoms. The van der Waals surface area contributed by atoms with Gasteiger partial charge in [0.15, 0.2) is 5.13 Å². The van der Waals surface area contributed by atoms with Crippen LogP contribution in [0.5, 0.6) is 0 Å². The van der Waals surface area contributed by atoms with Gasteiger partial charge in [-0.1, -0.05) is 6.92 Å². The van der Waals surface area contributed by atoms with Gasteiger partial charge >= 0.3 is 0 Å². The summed E-state index contributed by atoms with van der Waals surface area (Å²) in [5.74, 6) is 0.691. The van der Waals surface area contributed by atoms with E-state index in [9.17, 15) is 0 Å². The van der Waals surface area contributed by atoms with Gasteiger partial charge in [0.1, 0.15) is 0 Å². The molecule has 2 rings (SSSR count). The van der Waals surface area contributed by atoms with Crippen LogP contribution in [0.3, 0.4) is 0 Å². The van der Waals surface area contributed by atoms with Gasteiger partial charge in [-0.25, -0.2) is 4.98 Å². The minimum Gasteiger partial charge on any atom is -0.346 e. The monoisotopic (exact) mass is 253 g/mol. The largest absolute Gasteiger partial charge is 0.346 e. The van der Waals surface area contributed by atoms with Crippen LogP contribution in [0.4, 0.5) is 5.13 Å². The summed E-state index contributed by atoms with van der Waals surface area (Å²) in [6, 6.07) is 0. The third-order valence-electron chi connectivity index (χ3n) is 3.93. The van der Waals surface area contributed by atoms with Crippen LogP contribution in [0.2, 0.25) is 0 Å². The highest BCUT2D eigenvalue weighted by molar-refractivity contribution is 7.15. The number of anilines is 1. The maximum atomic E-state index is 5.82. The third kappa shape index (κ3) is 2.47. The Morgan fingerprint density at radius 2 is 2.12 bits per heavy atom. The summed E-state index contributed by atoms with van der Waals surface area (Å²) in [6.07, 6.45) is 3.69. The molecular weight excluding hydrogens is 230 g/mol. The standard InChI is InChI=1S/C13H23N3S/c1-5-13(2,3)16(4)12-15-11(9-6-7-9)10(8-14)17-12/h9H,5-8,14H2,1-4H3. The molecule has 1 heterocycles. The van der Waals surface area contributed by atoms with Crippen molar-refractivity contribution in [2.24, 2.45) is 5.73 Å². The van der Waals surface area contributed by atoms with Gasteiger partial charge in [0, 0.05) is 29.9 Å². The summed E-state index contributed by atoms with van der Waals surface area (Å²) < 4.78 is 0. The van der Waals surface area contributed by atoms with Crippen molar-refractivity contribution in [1.29, 1.82) is 0 Å². The molecule has 1 aliphatic carbocycles. The fourth-order valence-corrected chi connectivity index (χ4v) is 2.96. The molecule has 1 saturated carbocycles.